The van der Waals surface area contributed by atoms with Crippen molar-refractivity contribution < 1.29 is 23.8 Å². The summed E-state index contributed by atoms with van der Waals surface area (Å²) in [7, 11) is 0. The van der Waals surface area contributed by atoms with E-state index in [1.54, 1.807) is 0 Å². The number of nitrogens with zero attached hydrogens (tertiary/aromatic N) is 1. The van der Waals surface area contributed by atoms with Gasteiger partial charge in [-0.1, -0.05) is 0 Å². The van der Waals surface area contributed by atoms with Gasteiger partial charge in [0.2, 0.25) is 0 Å². The molecule has 0 radical (unpaired) electrons. The maximum Gasteiger partial charge on any atom is 0.355 e. The van der Waals surface area contributed by atoms with Crippen LogP contribution in [-0.2, 0) is 0 Å². The normalized spacial score (nSPS) is 10.5. The third-order valence-corrected chi connectivity index (χ3v) is 1.56. The molecule has 0 amide bonds. The molecule has 0 saturated carbocycles. The molecule has 0 spiro atoms. The van der Waals surface area contributed by atoms with Gasteiger partial charge in [0, 0.05) is 0 Å². The second-order valence-electron chi connectivity index (χ2n) is 2.43. The number of hydrogen-bond donors (Lipinski definition) is 3. The molecule has 0 atom stereocenters. The number of aromatic nitrogens is 1. The summed E-state index contributed by atoms with van der Waals surface area (Å²) in [4.78, 5) is 13.6. The highest BCUT2D eigenvalue weighted by molar-refractivity contribution is 5.89. The van der Waals surface area contributed by atoms with Gasteiger partial charge >= 0.3 is 5.97 Å². The SMILES string of the molecule is Nc1c(O)cnc(C(=O)O)c1C(F)F. The first-order chi connectivity index (χ1) is 6.45. The number of nitrogen functional groups attached to an aromatic ring is 1. The van der Waals surface area contributed by atoms with Gasteiger partial charge in [0.25, 0.3) is 6.43 Å². The Morgan fingerprint density at radius 1 is 1.57 bits per heavy atom. The minimum Gasteiger partial charge on any atom is -0.504 e. The van der Waals surface area contributed by atoms with Crippen molar-refractivity contribution in [1.29, 1.82) is 0 Å². The van der Waals surface area contributed by atoms with Gasteiger partial charge in [0.05, 0.1) is 17.4 Å². The average molecular weight is 204 g/mol. The van der Waals surface area contributed by atoms with Crippen LogP contribution in [0.2, 0.25) is 0 Å². The van der Waals surface area contributed by atoms with Gasteiger partial charge in [-0.25, -0.2) is 18.6 Å². The highest BCUT2D eigenvalue weighted by atomic mass is 19.3. The standard InChI is InChI=1S/C7H6F2N2O3/c8-6(9)3-4(10)2(12)1-11-5(3)7(13)14/h1,6,12H,(H2,10,11)(H,13,14). The molecule has 7 heteroatoms. The maximum absolute atomic E-state index is 12.3. The van der Waals surface area contributed by atoms with E-state index in [0.717, 1.165) is 0 Å². The lowest BCUT2D eigenvalue weighted by molar-refractivity contribution is 0.0677. The van der Waals surface area contributed by atoms with Gasteiger partial charge in [-0.3, -0.25) is 0 Å². The van der Waals surface area contributed by atoms with E-state index in [-0.39, 0.29) is 0 Å². The number of carboxylic acid groups (broad SMARTS) is 1. The molecule has 1 rings (SSSR count). The topological polar surface area (TPSA) is 96.4 Å². The molecule has 5 nitrogen and oxygen atoms in total. The van der Waals surface area contributed by atoms with Crippen molar-refractivity contribution in [3.8, 4) is 5.75 Å². The molecular formula is C7H6F2N2O3. The van der Waals surface area contributed by atoms with Gasteiger partial charge < -0.3 is 15.9 Å². The Kier molecular flexibility index (Phi) is 2.50. The first-order valence-corrected chi connectivity index (χ1v) is 3.44. The number of aromatic hydroxyl groups is 1. The molecule has 1 aromatic heterocycles. The van der Waals surface area contributed by atoms with E-state index in [9.17, 15) is 13.6 Å². The molecule has 0 bridgehead atoms. The molecule has 4 N–H and O–H groups in total. The van der Waals surface area contributed by atoms with Crippen LogP contribution in [0.25, 0.3) is 0 Å². The summed E-state index contributed by atoms with van der Waals surface area (Å²) in [6.45, 7) is 0. The number of carbonyl (C=O) groups is 1. The number of rotatable bonds is 2. The van der Waals surface area contributed by atoms with Crippen LogP contribution in [0.1, 0.15) is 22.5 Å². The van der Waals surface area contributed by atoms with Crippen LogP contribution in [0, 0.1) is 0 Å². The number of hydrogen-bond acceptors (Lipinski definition) is 4. The predicted molar refractivity (Wildman–Crippen MR) is 42.2 cm³/mol. The highest BCUT2D eigenvalue weighted by Crippen LogP contribution is 2.32. The van der Waals surface area contributed by atoms with E-state index in [1.165, 1.54) is 0 Å². The zero-order chi connectivity index (χ0) is 10.9. The summed E-state index contributed by atoms with van der Waals surface area (Å²) < 4.78 is 24.7. The smallest absolute Gasteiger partial charge is 0.355 e. The number of anilines is 1. The molecule has 1 heterocycles. The Labute approximate surface area is 76.8 Å². The molecule has 0 saturated heterocycles. The molecular weight excluding hydrogens is 198 g/mol. The van der Waals surface area contributed by atoms with Crippen molar-refractivity contribution >= 4 is 11.7 Å². The number of nitrogens with two attached hydrogens (primary N) is 1. The summed E-state index contributed by atoms with van der Waals surface area (Å²) in [5.41, 5.74) is 2.62. The van der Waals surface area contributed by atoms with Crippen molar-refractivity contribution in [2.75, 3.05) is 5.73 Å². The molecule has 0 aromatic carbocycles. The lowest BCUT2D eigenvalue weighted by atomic mass is 10.1. The Balaban J connectivity index is 3.45. The number of alkyl halides is 2. The van der Waals surface area contributed by atoms with E-state index in [2.05, 4.69) is 4.98 Å². The van der Waals surface area contributed by atoms with Crippen LogP contribution in [0.5, 0.6) is 5.75 Å². The van der Waals surface area contributed by atoms with E-state index >= 15 is 0 Å². The van der Waals surface area contributed by atoms with Crippen molar-refractivity contribution in [3.05, 3.63) is 17.5 Å². The summed E-state index contributed by atoms with van der Waals surface area (Å²) in [5, 5.41) is 17.4. The summed E-state index contributed by atoms with van der Waals surface area (Å²) in [6.07, 6.45) is -2.38. The molecule has 1 aromatic rings. The fourth-order valence-corrected chi connectivity index (χ4v) is 0.922. The van der Waals surface area contributed by atoms with Gasteiger partial charge in [-0.05, 0) is 0 Å². The minimum atomic E-state index is -3.10. The third kappa shape index (κ3) is 1.56. The van der Waals surface area contributed by atoms with Crippen LogP contribution in [0.15, 0.2) is 6.20 Å². The molecule has 0 aliphatic carbocycles. The lowest BCUT2D eigenvalue weighted by Crippen LogP contribution is -2.09. The van der Waals surface area contributed by atoms with E-state index in [4.69, 9.17) is 15.9 Å². The number of carboxylic acids is 1. The second-order valence-corrected chi connectivity index (χ2v) is 2.43. The zero-order valence-corrected chi connectivity index (χ0v) is 6.74. The van der Waals surface area contributed by atoms with Gasteiger partial charge in [-0.15, -0.1) is 0 Å². The minimum absolute atomic E-state index is 0.660. The molecule has 14 heavy (non-hydrogen) atoms. The zero-order valence-electron chi connectivity index (χ0n) is 6.74. The van der Waals surface area contributed by atoms with Crippen molar-refractivity contribution in [1.82, 2.24) is 4.98 Å². The summed E-state index contributed by atoms with van der Waals surface area (Å²) in [5.74, 6) is -2.28. The highest BCUT2D eigenvalue weighted by Gasteiger charge is 2.24. The van der Waals surface area contributed by atoms with Crippen LogP contribution in [0.4, 0.5) is 14.5 Å². The molecule has 0 unspecified atom stereocenters. The molecule has 0 aliphatic heterocycles. The first kappa shape index (κ1) is 10.2. The van der Waals surface area contributed by atoms with Gasteiger partial charge in [0.1, 0.15) is 0 Å². The van der Waals surface area contributed by atoms with E-state index < -0.39 is 35.1 Å². The Hall–Kier alpha value is -1.92. The van der Waals surface area contributed by atoms with Crippen LogP contribution >= 0.6 is 0 Å². The van der Waals surface area contributed by atoms with Crippen molar-refractivity contribution in [2.45, 2.75) is 6.43 Å². The van der Waals surface area contributed by atoms with E-state index in [0.29, 0.717) is 6.20 Å². The van der Waals surface area contributed by atoms with Crippen LogP contribution in [-0.4, -0.2) is 21.2 Å². The van der Waals surface area contributed by atoms with E-state index in [1.807, 2.05) is 0 Å². The fourth-order valence-electron chi connectivity index (χ4n) is 0.922. The maximum atomic E-state index is 12.3. The lowest BCUT2D eigenvalue weighted by Gasteiger charge is -2.08. The molecule has 0 fully saturated rings. The molecule has 0 aliphatic rings. The van der Waals surface area contributed by atoms with Crippen molar-refractivity contribution in [3.63, 3.8) is 0 Å². The number of pyridine rings is 1. The third-order valence-electron chi connectivity index (χ3n) is 1.56. The second kappa shape index (κ2) is 3.44. The summed E-state index contributed by atoms with van der Waals surface area (Å²) in [6, 6.07) is 0. The Morgan fingerprint density at radius 3 is 2.57 bits per heavy atom. The molecule has 76 valence electrons. The largest absolute Gasteiger partial charge is 0.504 e. The number of aromatic carboxylic acids is 1. The Bertz CT molecular complexity index is 381. The quantitative estimate of drug-likeness (QED) is 0.667. The first-order valence-electron chi connectivity index (χ1n) is 3.44. The van der Waals surface area contributed by atoms with Crippen molar-refractivity contribution in [2.24, 2.45) is 0 Å². The monoisotopic (exact) mass is 204 g/mol. The van der Waals surface area contributed by atoms with Gasteiger partial charge in [0.15, 0.2) is 11.4 Å². The Morgan fingerprint density at radius 2 is 2.14 bits per heavy atom. The van der Waals surface area contributed by atoms with Gasteiger partial charge in [-0.2, -0.15) is 0 Å². The number of halogens is 2. The summed E-state index contributed by atoms with van der Waals surface area (Å²) >= 11 is 0. The average Bonchev–Trinajstić information content (AvgIpc) is 2.08. The fraction of sp³-hybridized carbons (Fsp3) is 0.143. The van der Waals surface area contributed by atoms with Crippen LogP contribution in [0.3, 0.4) is 0 Å². The van der Waals surface area contributed by atoms with Crippen LogP contribution < -0.4 is 5.73 Å². The predicted octanol–water partition coefficient (Wildman–Crippen LogP) is 1.01.